The fraction of sp³-hybridized carbons (Fsp3) is 0.333. The number of methoxy groups -OCH3 is 2. The molecule has 0 saturated heterocycles. The highest BCUT2D eigenvalue weighted by atomic mass is 16.5. The van der Waals surface area contributed by atoms with Gasteiger partial charge in [0, 0.05) is 18.1 Å². The van der Waals surface area contributed by atoms with Gasteiger partial charge in [-0.3, -0.25) is 9.78 Å². The first kappa shape index (κ1) is 17.2. The Hall–Kier alpha value is -2.62. The molecule has 3 rings (SSSR count). The summed E-state index contributed by atoms with van der Waals surface area (Å²) in [5.74, 6) is 1.67. The number of pyridine rings is 1. The maximum absolute atomic E-state index is 12.2. The van der Waals surface area contributed by atoms with E-state index in [0.717, 1.165) is 40.4 Å². The Labute approximate surface area is 148 Å². The molecule has 4 nitrogen and oxygen atoms in total. The predicted octanol–water partition coefficient (Wildman–Crippen LogP) is 4.42. The molecule has 1 aromatic heterocycles. The van der Waals surface area contributed by atoms with E-state index in [1.807, 2.05) is 42.5 Å². The molecule has 1 aliphatic rings. The summed E-state index contributed by atoms with van der Waals surface area (Å²) in [5, 5.41) is 0. The van der Waals surface area contributed by atoms with E-state index in [0.29, 0.717) is 6.42 Å². The fourth-order valence-corrected chi connectivity index (χ4v) is 3.15. The first-order valence-electron chi connectivity index (χ1n) is 8.34. The minimum absolute atomic E-state index is 0.0282. The average Bonchev–Trinajstić information content (AvgIpc) is 2.58. The monoisotopic (exact) mass is 337 g/mol. The Morgan fingerprint density at radius 3 is 2.32 bits per heavy atom. The van der Waals surface area contributed by atoms with Gasteiger partial charge < -0.3 is 9.47 Å². The van der Waals surface area contributed by atoms with Gasteiger partial charge in [-0.2, -0.15) is 0 Å². The molecule has 0 saturated carbocycles. The van der Waals surface area contributed by atoms with E-state index in [4.69, 9.17) is 9.47 Å². The van der Waals surface area contributed by atoms with Gasteiger partial charge in [-0.15, -0.1) is 0 Å². The number of carbonyl (C=O) groups excluding carboxylic acids is 1. The normalized spacial score (nSPS) is 15.9. The maximum atomic E-state index is 12.2. The quantitative estimate of drug-likeness (QED) is 0.828. The molecule has 1 heterocycles. The maximum Gasteiger partial charge on any atom is 0.165 e. The minimum atomic E-state index is -0.0282. The molecule has 0 fully saturated rings. The van der Waals surface area contributed by atoms with Crippen molar-refractivity contribution in [2.45, 2.75) is 26.7 Å². The van der Waals surface area contributed by atoms with Crippen LogP contribution in [0.1, 0.15) is 47.6 Å². The van der Waals surface area contributed by atoms with Crippen LogP contribution in [0.4, 0.5) is 0 Å². The third-order valence-corrected chi connectivity index (χ3v) is 4.40. The Balaban J connectivity index is 1.89. The molecule has 0 amide bonds. The topological polar surface area (TPSA) is 48.4 Å². The molecule has 0 atom stereocenters. The van der Waals surface area contributed by atoms with Crippen molar-refractivity contribution in [3.8, 4) is 11.5 Å². The molecule has 1 aliphatic carbocycles. The van der Waals surface area contributed by atoms with Crippen LogP contribution in [0.2, 0.25) is 0 Å². The largest absolute Gasteiger partial charge is 0.497 e. The van der Waals surface area contributed by atoms with Crippen LogP contribution in [-0.2, 0) is 6.42 Å². The van der Waals surface area contributed by atoms with Crippen LogP contribution in [0.3, 0.4) is 0 Å². The zero-order valence-corrected chi connectivity index (χ0v) is 15.1. The van der Waals surface area contributed by atoms with Crippen LogP contribution in [0.5, 0.6) is 11.5 Å². The summed E-state index contributed by atoms with van der Waals surface area (Å²) in [6, 6.07) is 9.49. The number of benzene rings is 1. The van der Waals surface area contributed by atoms with Crippen molar-refractivity contribution in [3.05, 3.63) is 52.8 Å². The predicted molar refractivity (Wildman–Crippen MR) is 99.1 cm³/mol. The van der Waals surface area contributed by atoms with Crippen LogP contribution in [0, 0.1) is 5.41 Å². The molecular formula is C21H23NO3. The lowest BCUT2D eigenvalue weighted by Gasteiger charge is -2.29. The van der Waals surface area contributed by atoms with Gasteiger partial charge in [-0.1, -0.05) is 19.9 Å². The Bertz CT molecular complexity index is 815. The summed E-state index contributed by atoms with van der Waals surface area (Å²) in [7, 11) is 3.26. The third kappa shape index (κ3) is 3.90. The first-order valence-corrected chi connectivity index (χ1v) is 8.34. The minimum Gasteiger partial charge on any atom is -0.497 e. The second kappa shape index (κ2) is 6.71. The van der Waals surface area contributed by atoms with E-state index in [9.17, 15) is 4.79 Å². The highest BCUT2D eigenvalue weighted by molar-refractivity contribution is 5.98. The Kier molecular flexibility index (Phi) is 4.62. The third-order valence-electron chi connectivity index (χ3n) is 4.40. The summed E-state index contributed by atoms with van der Waals surface area (Å²) in [4.78, 5) is 16.9. The number of ketones is 1. The van der Waals surface area contributed by atoms with Crippen LogP contribution in [0.15, 0.2) is 30.3 Å². The summed E-state index contributed by atoms with van der Waals surface area (Å²) >= 11 is 0. The number of hydrogen-bond acceptors (Lipinski definition) is 4. The summed E-state index contributed by atoms with van der Waals surface area (Å²) in [6.07, 6.45) is 5.32. The average molecular weight is 337 g/mol. The molecule has 0 N–H and O–H groups in total. The van der Waals surface area contributed by atoms with Crippen molar-refractivity contribution >= 4 is 17.9 Å². The van der Waals surface area contributed by atoms with Gasteiger partial charge in [0.25, 0.3) is 0 Å². The molecule has 130 valence electrons. The van der Waals surface area contributed by atoms with Gasteiger partial charge in [-0.05, 0) is 47.7 Å². The molecular weight excluding hydrogens is 314 g/mol. The van der Waals surface area contributed by atoms with Crippen molar-refractivity contribution in [1.82, 2.24) is 4.98 Å². The number of nitrogens with zero attached hydrogens (tertiary/aromatic N) is 1. The molecule has 0 radical (unpaired) electrons. The molecule has 0 aliphatic heterocycles. The van der Waals surface area contributed by atoms with Crippen LogP contribution >= 0.6 is 0 Å². The number of carbonyl (C=O) groups is 1. The van der Waals surface area contributed by atoms with Crippen molar-refractivity contribution in [2.75, 3.05) is 14.2 Å². The number of hydrogen-bond donors (Lipinski definition) is 0. The van der Waals surface area contributed by atoms with E-state index in [1.54, 1.807) is 14.2 Å². The van der Waals surface area contributed by atoms with Crippen molar-refractivity contribution in [2.24, 2.45) is 5.41 Å². The molecule has 1 aromatic carbocycles. The zero-order valence-electron chi connectivity index (χ0n) is 15.1. The zero-order chi connectivity index (χ0) is 18.0. The van der Waals surface area contributed by atoms with Crippen molar-refractivity contribution in [1.29, 1.82) is 0 Å². The molecule has 4 heteroatoms. The van der Waals surface area contributed by atoms with Gasteiger partial charge >= 0.3 is 0 Å². The molecule has 25 heavy (non-hydrogen) atoms. The molecule has 0 spiro atoms. The Morgan fingerprint density at radius 2 is 1.68 bits per heavy atom. The van der Waals surface area contributed by atoms with Gasteiger partial charge in [0.15, 0.2) is 5.78 Å². The van der Waals surface area contributed by atoms with Gasteiger partial charge in [0.2, 0.25) is 0 Å². The summed E-state index contributed by atoms with van der Waals surface area (Å²) < 4.78 is 10.6. The number of aromatic nitrogens is 1. The SMILES string of the molecule is COc1cc(/C=C/c2ccc3c(n2)CC(C)(C)CC3=O)cc(OC)c1. The number of fused-ring (bicyclic) bond motifs is 1. The van der Waals surface area contributed by atoms with E-state index in [1.165, 1.54) is 0 Å². The standard InChI is InChI=1S/C21H23NO3/c1-21(2)12-19-18(20(23)13-21)8-7-15(22-19)6-5-14-9-16(24-3)11-17(10-14)25-4/h5-11H,12-13H2,1-4H3/b6-5+. The van der Waals surface area contributed by atoms with Crippen molar-refractivity contribution in [3.63, 3.8) is 0 Å². The molecule has 2 aromatic rings. The molecule has 0 bridgehead atoms. The second-order valence-electron chi connectivity index (χ2n) is 7.15. The van der Waals surface area contributed by atoms with E-state index in [-0.39, 0.29) is 11.2 Å². The highest BCUT2D eigenvalue weighted by Crippen LogP contribution is 2.34. The van der Waals surface area contributed by atoms with Gasteiger partial charge in [-0.25, -0.2) is 0 Å². The van der Waals surface area contributed by atoms with Crippen LogP contribution < -0.4 is 9.47 Å². The Morgan fingerprint density at radius 1 is 1.00 bits per heavy atom. The van der Waals surface area contributed by atoms with Crippen LogP contribution in [0.25, 0.3) is 12.2 Å². The van der Waals surface area contributed by atoms with E-state index >= 15 is 0 Å². The number of rotatable bonds is 4. The second-order valence-corrected chi connectivity index (χ2v) is 7.15. The van der Waals surface area contributed by atoms with E-state index < -0.39 is 0 Å². The number of Topliss-reactive ketones (excluding diaryl/α,β-unsaturated/α-hetero) is 1. The summed E-state index contributed by atoms with van der Waals surface area (Å²) in [5.41, 5.74) is 3.43. The summed E-state index contributed by atoms with van der Waals surface area (Å²) in [6.45, 7) is 4.22. The van der Waals surface area contributed by atoms with Gasteiger partial charge in [0.1, 0.15) is 11.5 Å². The van der Waals surface area contributed by atoms with Crippen LogP contribution in [-0.4, -0.2) is 25.0 Å². The van der Waals surface area contributed by atoms with Crippen molar-refractivity contribution < 1.29 is 14.3 Å². The highest BCUT2D eigenvalue weighted by Gasteiger charge is 2.31. The lowest BCUT2D eigenvalue weighted by molar-refractivity contribution is 0.0910. The lowest BCUT2D eigenvalue weighted by atomic mass is 9.75. The lowest BCUT2D eigenvalue weighted by Crippen LogP contribution is -2.27. The van der Waals surface area contributed by atoms with Gasteiger partial charge in [0.05, 0.1) is 25.6 Å². The number of ether oxygens (including phenoxy) is 2. The molecule has 0 unspecified atom stereocenters. The first-order chi connectivity index (χ1) is 11.9. The fourth-order valence-electron chi connectivity index (χ4n) is 3.15. The smallest absolute Gasteiger partial charge is 0.165 e. The van der Waals surface area contributed by atoms with E-state index in [2.05, 4.69) is 18.8 Å².